The first-order valence-corrected chi connectivity index (χ1v) is 5.45. The Balaban J connectivity index is 2.26. The standard InChI is InChI=1S/C11H21N/c1-2-3-8-11-9-6-4-5-7-10-12-11/h2-10H2,1H3. The summed E-state index contributed by atoms with van der Waals surface area (Å²) in [5.41, 5.74) is 1.50. The third-order valence-electron chi connectivity index (χ3n) is 2.53. The first kappa shape index (κ1) is 9.76. The molecular formula is C11H21N. The quantitative estimate of drug-likeness (QED) is 0.609. The van der Waals surface area contributed by atoms with E-state index >= 15 is 0 Å². The Morgan fingerprint density at radius 1 is 1.17 bits per heavy atom. The van der Waals surface area contributed by atoms with Crippen molar-refractivity contribution < 1.29 is 0 Å². The lowest BCUT2D eigenvalue weighted by atomic mass is 10.0. The molecule has 0 saturated heterocycles. The highest BCUT2D eigenvalue weighted by atomic mass is 14.7. The molecule has 0 unspecified atom stereocenters. The van der Waals surface area contributed by atoms with Crippen molar-refractivity contribution in [2.75, 3.05) is 6.54 Å². The number of nitrogens with zero attached hydrogens (tertiary/aromatic N) is 1. The summed E-state index contributed by atoms with van der Waals surface area (Å²) >= 11 is 0. The predicted octanol–water partition coefficient (Wildman–Crippen LogP) is 3.58. The average Bonchev–Trinajstić information content (AvgIpc) is 2.02. The van der Waals surface area contributed by atoms with Crippen LogP contribution in [0.3, 0.4) is 0 Å². The summed E-state index contributed by atoms with van der Waals surface area (Å²) in [6.45, 7) is 3.35. The number of unbranched alkanes of at least 4 members (excludes halogenated alkanes) is 1. The predicted molar refractivity (Wildman–Crippen MR) is 54.9 cm³/mol. The summed E-state index contributed by atoms with van der Waals surface area (Å²) in [6, 6.07) is 0. The number of hydrogen-bond acceptors (Lipinski definition) is 1. The minimum atomic E-state index is 1.10. The molecular weight excluding hydrogens is 146 g/mol. The van der Waals surface area contributed by atoms with Gasteiger partial charge in [0.15, 0.2) is 0 Å². The van der Waals surface area contributed by atoms with Crippen LogP contribution in [0.15, 0.2) is 4.99 Å². The van der Waals surface area contributed by atoms with E-state index in [2.05, 4.69) is 11.9 Å². The van der Waals surface area contributed by atoms with Gasteiger partial charge in [0, 0.05) is 12.3 Å². The van der Waals surface area contributed by atoms with Crippen molar-refractivity contribution in [2.45, 2.75) is 58.3 Å². The summed E-state index contributed by atoms with van der Waals surface area (Å²) in [6.07, 6.45) is 10.7. The van der Waals surface area contributed by atoms with Crippen molar-refractivity contribution in [2.24, 2.45) is 4.99 Å². The van der Waals surface area contributed by atoms with E-state index in [1.807, 2.05) is 0 Å². The molecule has 0 N–H and O–H groups in total. The average molecular weight is 167 g/mol. The van der Waals surface area contributed by atoms with Gasteiger partial charge < -0.3 is 0 Å². The Morgan fingerprint density at radius 3 is 2.83 bits per heavy atom. The second-order valence-corrected chi connectivity index (χ2v) is 3.72. The van der Waals surface area contributed by atoms with Gasteiger partial charge in [-0.25, -0.2) is 0 Å². The fraction of sp³-hybridized carbons (Fsp3) is 0.909. The van der Waals surface area contributed by atoms with Gasteiger partial charge in [0.1, 0.15) is 0 Å². The highest BCUT2D eigenvalue weighted by Crippen LogP contribution is 2.11. The lowest BCUT2D eigenvalue weighted by molar-refractivity contribution is 0.636. The second-order valence-electron chi connectivity index (χ2n) is 3.72. The Hall–Kier alpha value is -0.330. The highest BCUT2D eigenvalue weighted by Gasteiger charge is 2.02. The summed E-state index contributed by atoms with van der Waals surface area (Å²) < 4.78 is 0. The number of aliphatic imine (C=N–C) groups is 1. The van der Waals surface area contributed by atoms with E-state index in [-0.39, 0.29) is 0 Å². The van der Waals surface area contributed by atoms with Crippen LogP contribution in [0, 0.1) is 0 Å². The van der Waals surface area contributed by atoms with Crippen LogP contribution < -0.4 is 0 Å². The Morgan fingerprint density at radius 2 is 2.00 bits per heavy atom. The van der Waals surface area contributed by atoms with Crippen molar-refractivity contribution in [1.82, 2.24) is 0 Å². The van der Waals surface area contributed by atoms with E-state index in [0.717, 1.165) is 6.54 Å². The van der Waals surface area contributed by atoms with Crippen molar-refractivity contribution in [3.63, 3.8) is 0 Å². The first-order valence-electron chi connectivity index (χ1n) is 5.45. The summed E-state index contributed by atoms with van der Waals surface area (Å²) in [5, 5.41) is 0. The summed E-state index contributed by atoms with van der Waals surface area (Å²) in [5.74, 6) is 0. The highest BCUT2D eigenvalue weighted by molar-refractivity contribution is 5.84. The van der Waals surface area contributed by atoms with Gasteiger partial charge in [0.25, 0.3) is 0 Å². The largest absolute Gasteiger partial charge is 0.294 e. The fourth-order valence-corrected chi connectivity index (χ4v) is 1.70. The maximum Gasteiger partial charge on any atom is 0.0388 e. The van der Waals surface area contributed by atoms with E-state index in [9.17, 15) is 0 Å². The van der Waals surface area contributed by atoms with Gasteiger partial charge in [0.05, 0.1) is 0 Å². The fourth-order valence-electron chi connectivity index (χ4n) is 1.70. The van der Waals surface area contributed by atoms with E-state index in [1.54, 1.807) is 0 Å². The monoisotopic (exact) mass is 167 g/mol. The zero-order valence-electron chi connectivity index (χ0n) is 8.31. The third kappa shape index (κ3) is 3.89. The molecule has 0 spiro atoms. The van der Waals surface area contributed by atoms with E-state index < -0.39 is 0 Å². The van der Waals surface area contributed by atoms with E-state index in [0.29, 0.717) is 0 Å². The van der Waals surface area contributed by atoms with Gasteiger partial charge in [-0.05, 0) is 32.1 Å². The van der Waals surface area contributed by atoms with E-state index in [1.165, 1.54) is 57.1 Å². The van der Waals surface area contributed by atoms with Gasteiger partial charge in [-0.15, -0.1) is 0 Å². The first-order chi connectivity index (χ1) is 5.93. The molecule has 70 valence electrons. The maximum atomic E-state index is 4.64. The van der Waals surface area contributed by atoms with Crippen LogP contribution in [0.5, 0.6) is 0 Å². The summed E-state index contributed by atoms with van der Waals surface area (Å²) in [7, 11) is 0. The number of hydrogen-bond donors (Lipinski definition) is 0. The molecule has 0 fully saturated rings. The Labute approximate surface area is 76.3 Å². The van der Waals surface area contributed by atoms with Crippen LogP contribution >= 0.6 is 0 Å². The Kier molecular flexibility index (Phi) is 5.05. The normalized spacial score (nSPS) is 19.6. The molecule has 0 atom stereocenters. The number of rotatable bonds is 3. The van der Waals surface area contributed by atoms with Gasteiger partial charge in [-0.3, -0.25) is 4.99 Å². The lowest BCUT2D eigenvalue weighted by Crippen LogP contribution is -2.03. The Bertz CT molecular complexity index is 138. The molecule has 0 radical (unpaired) electrons. The molecule has 0 aromatic heterocycles. The minimum Gasteiger partial charge on any atom is -0.294 e. The zero-order valence-corrected chi connectivity index (χ0v) is 8.31. The van der Waals surface area contributed by atoms with Crippen LogP contribution in [-0.4, -0.2) is 12.3 Å². The van der Waals surface area contributed by atoms with Crippen molar-refractivity contribution >= 4 is 5.71 Å². The smallest absolute Gasteiger partial charge is 0.0388 e. The molecule has 1 heterocycles. The van der Waals surface area contributed by atoms with Crippen LogP contribution in [0.2, 0.25) is 0 Å². The van der Waals surface area contributed by atoms with Crippen LogP contribution in [0.25, 0.3) is 0 Å². The lowest BCUT2D eigenvalue weighted by Gasteiger charge is -2.09. The van der Waals surface area contributed by atoms with Gasteiger partial charge in [-0.1, -0.05) is 26.2 Å². The molecule has 0 aromatic rings. The minimum absolute atomic E-state index is 1.10. The maximum absolute atomic E-state index is 4.64. The molecule has 0 bridgehead atoms. The third-order valence-corrected chi connectivity index (χ3v) is 2.53. The second kappa shape index (κ2) is 6.22. The molecule has 12 heavy (non-hydrogen) atoms. The van der Waals surface area contributed by atoms with Crippen molar-refractivity contribution in [3.05, 3.63) is 0 Å². The van der Waals surface area contributed by atoms with Crippen LogP contribution in [-0.2, 0) is 0 Å². The molecule has 0 aromatic carbocycles. The molecule has 0 aliphatic carbocycles. The van der Waals surface area contributed by atoms with Gasteiger partial charge >= 0.3 is 0 Å². The molecule has 1 aliphatic heterocycles. The van der Waals surface area contributed by atoms with Crippen molar-refractivity contribution in [3.8, 4) is 0 Å². The van der Waals surface area contributed by atoms with Gasteiger partial charge in [0.2, 0.25) is 0 Å². The molecule has 0 amide bonds. The zero-order chi connectivity index (χ0) is 8.65. The molecule has 1 nitrogen and oxygen atoms in total. The molecule has 1 heteroatoms. The van der Waals surface area contributed by atoms with Crippen LogP contribution in [0.1, 0.15) is 58.3 Å². The topological polar surface area (TPSA) is 12.4 Å². The molecule has 0 saturated carbocycles. The van der Waals surface area contributed by atoms with Crippen molar-refractivity contribution in [1.29, 1.82) is 0 Å². The SMILES string of the molecule is CCCCC1=NCCCCCC1. The molecule has 1 aliphatic rings. The van der Waals surface area contributed by atoms with Gasteiger partial charge in [-0.2, -0.15) is 0 Å². The molecule has 1 rings (SSSR count). The summed E-state index contributed by atoms with van der Waals surface area (Å²) in [4.78, 5) is 4.64. The van der Waals surface area contributed by atoms with E-state index in [4.69, 9.17) is 0 Å². The van der Waals surface area contributed by atoms with Crippen LogP contribution in [0.4, 0.5) is 0 Å².